The van der Waals surface area contributed by atoms with Crippen LogP contribution in [0.4, 0.5) is 0 Å². The minimum absolute atomic E-state index is 0.462. The standard InChI is InChI=1S/C13H26N2/c1-15(2)11-13(9-6-10-14-13)12-7-4-3-5-8-12/h12,14H,3-11H2,1-2H3. The van der Waals surface area contributed by atoms with Gasteiger partial charge in [0.15, 0.2) is 0 Å². The topological polar surface area (TPSA) is 15.3 Å². The van der Waals surface area contributed by atoms with E-state index in [-0.39, 0.29) is 0 Å². The molecule has 0 aromatic rings. The number of nitrogens with one attached hydrogen (secondary N) is 1. The zero-order valence-corrected chi connectivity index (χ0v) is 10.4. The predicted molar refractivity (Wildman–Crippen MR) is 65.1 cm³/mol. The van der Waals surface area contributed by atoms with E-state index in [0.717, 1.165) is 5.92 Å². The zero-order chi connectivity index (χ0) is 10.7. The molecule has 0 aromatic carbocycles. The molecule has 2 rings (SSSR count). The summed E-state index contributed by atoms with van der Waals surface area (Å²) >= 11 is 0. The van der Waals surface area contributed by atoms with E-state index in [1.165, 1.54) is 58.0 Å². The highest BCUT2D eigenvalue weighted by Gasteiger charge is 2.41. The second-order valence-corrected chi connectivity index (χ2v) is 5.76. The van der Waals surface area contributed by atoms with Gasteiger partial charge in [-0.2, -0.15) is 0 Å². The lowest BCUT2D eigenvalue weighted by molar-refractivity contribution is 0.140. The Kier molecular flexibility index (Phi) is 3.68. The van der Waals surface area contributed by atoms with Gasteiger partial charge in [-0.25, -0.2) is 0 Å². The van der Waals surface area contributed by atoms with Crippen LogP contribution in [0.5, 0.6) is 0 Å². The number of hydrogen-bond donors (Lipinski definition) is 1. The molecule has 0 amide bonds. The van der Waals surface area contributed by atoms with Gasteiger partial charge in [0, 0.05) is 12.1 Å². The summed E-state index contributed by atoms with van der Waals surface area (Å²) in [6.45, 7) is 2.47. The monoisotopic (exact) mass is 210 g/mol. The van der Waals surface area contributed by atoms with Gasteiger partial charge in [0.05, 0.1) is 0 Å². The fourth-order valence-corrected chi connectivity index (χ4v) is 3.66. The minimum Gasteiger partial charge on any atom is -0.310 e. The molecule has 0 spiro atoms. The van der Waals surface area contributed by atoms with Crippen molar-refractivity contribution >= 4 is 0 Å². The Morgan fingerprint density at radius 2 is 1.87 bits per heavy atom. The molecule has 15 heavy (non-hydrogen) atoms. The van der Waals surface area contributed by atoms with Crippen LogP contribution in [-0.2, 0) is 0 Å². The first kappa shape index (κ1) is 11.4. The van der Waals surface area contributed by atoms with E-state index < -0.39 is 0 Å². The van der Waals surface area contributed by atoms with Crippen LogP contribution in [0.2, 0.25) is 0 Å². The second kappa shape index (κ2) is 4.84. The van der Waals surface area contributed by atoms with Crippen LogP contribution in [0.15, 0.2) is 0 Å². The van der Waals surface area contributed by atoms with Crippen LogP contribution >= 0.6 is 0 Å². The summed E-state index contributed by atoms with van der Waals surface area (Å²) in [4.78, 5) is 2.37. The second-order valence-electron chi connectivity index (χ2n) is 5.76. The van der Waals surface area contributed by atoms with Crippen LogP contribution in [-0.4, -0.2) is 37.6 Å². The molecule has 1 unspecified atom stereocenters. The molecule has 2 heteroatoms. The average Bonchev–Trinajstić information content (AvgIpc) is 2.68. The fraction of sp³-hybridized carbons (Fsp3) is 1.00. The van der Waals surface area contributed by atoms with Crippen LogP contribution in [0.25, 0.3) is 0 Å². The highest BCUT2D eigenvalue weighted by molar-refractivity contribution is 5.00. The van der Waals surface area contributed by atoms with Gasteiger partial charge in [0.1, 0.15) is 0 Å². The Balaban J connectivity index is 2.03. The highest BCUT2D eigenvalue weighted by Crippen LogP contribution is 2.38. The number of nitrogens with zero attached hydrogens (tertiary/aromatic N) is 1. The third-order valence-corrected chi connectivity index (χ3v) is 4.26. The molecule has 0 radical (unpaired) electrons. The summed E-state index contributed by atoms with van der Waals surface area (Å²) in [5, 5.41) is 3.83. The number of rotatable bonds is 3. The first-order valence-electron chi connectivity index (χ1n) is 6.63. The molecule has 0 bridgehead atoms. The number of hydrogen-bond acceptors (Lipinski definition) is 2. The Morgan fingerprint density at radius 1 is 1.13 bits per heavy atom. The summed E-state index contributed by atoms with van der Waals surface area (Å²) < 4.78 is 0. The molecule has 1 aliphatic carbocycles. The molecule has 0 aromatic heterocycles. The third kappa shape index (κ3) is 2.54. The van der Waals surface area contributed by atoms with Gasteiger partial charge in [-0.15, -0.1) is 0 Å². The lowest BCUT2D eigenvalue weighted by Crippen LogP contribution is -2.54. The normalized spacial score (nSPS) is 33.8. The van der Waals surface area contributed by atoms with Crippen molar-refractivity contribution in [2.24, 2.45) is 5.92 Å². The van der Waals surface area contributed by atoms with Crippen molar-refractivity contribution in [1.82, 2.24) is 10.2 Å². The summed E-state index contributed by atoms with van der Waals surface area (Å²) in [5.41, 5.74) is 0.462. The SMILES string of the molecule is CN(C)CC1(C2CCCCC2)CCCN1. The Morgan fingerprint density at radius 3 is 2.40 bits per heavy atom. The summed E-state index contributed by atoms with van der Waals surface area (Å²) in [6.07, 6.45) is 10.1. The van der Waals surface area contributed by atoms with E-state index in [9.17, 15) is 0 Å². The lowest BCUT2D eigenvalue weighted by atomic mass is 9.73. The van der Waals surface area contributed by atoms with E-state index in [4.69, 9.17) is 0 Å². The summed E-state index contributed by atoms with van der Waals surface area (Å²) in [7, 11) is 4.43. The van der Waals surface area contributed by atoms with Gasteiger partial charge in [-0.1, -0.05) is 19.3 Å². The molecular weight excluding hydrogens is 184 g/mol. The van der Waals surface area contributed by atoms with Crippen molar-refractivity contribution < 1.29 is 0 Å². The molecule has 1 N–H and O–H groups in total. The van der Waals surface area contributed by atoms with Gasteiger partial charge in [0.2, 0.25) is 0 Å². The van der Waals surface area contributed by atoms with Gasteiger partial charge >= 0.3 is 0 Å². The molecule has 1 saturated heterocycles. The van der Waals surface area contributed by atoms with Crippen molar-refractivity contribution in [2.45, 2.75) is 50.5 Å². The van der Waals surface area contributed by atoms with Gasteiger partial charge in [-0.3, -0.25) is 0 Å². The smallest absolute Gasteiger partial charge is 0.0337 e. The third-order valence-electron chi connectivity index (χ3n) is 4.26. The van der Waals surface area contributed by atoms with Crippen LogP contribution in [0.3, 0.4) is 0 Å². The van der Waals surface area contributed by atoms with Crippen molar-refractivity contribution in [3.05, 3.63) is 0 Å². The van der Waals surface area contributed by atoms with Gasteiger partial charge in [-0.05, 0) is 52.2 Å². The quantitative estimate of drug-likeness (QED) is 0.768. The van der Waals surface area contributed by atoms with Crippen molar-refractivity contribution in [3.63, 3.8) is 0 Å². The Bertz CT molecular complexity index is 189. The zero-order valence-electron chi connectivity index (χ0n) is 10.4. The summed E-state index contributed by atoms with van der Waals surface area (Å²) in [6, 6.07) is 0. The molecule has 1 aliphatic heterocycles. The Hall–Kier alpha value is -0.0800. The van der Waals surface area contributed by atoms with E-state index in [0.29, 0.717) is 5.54 Å². The maximum Gasteiger partial charge on any atom is 0.0337 e. The molecule has 1 atom stereocenters. The first-order valence-corrected chi connectivity index (χ1v) is 6.63. The lowest BCUT2D eigenvalue weighted by Gasteiger charge is -2.42. The molecule has 2 fully saturated rings. The largest absolute Gasteiger partial charge is 0.310 e. The predicted octanol–water partition coefficient (Wildman–Crippen LogP) is 2.25. The maximum atomic E-state index is 3.83. The average molecular weight is 210 g/mol. The van der Waals surface area contributed by atoms with Crippen molar-refractivity contribution in [2.75, 3.05) is 27.2 Å². The molecular formula is C13H26N2. The van der Waals surface area contributed by atoms with Gasteiger partial charge in [0.25, 0.3) is 0 Å². The van der Waals surface area contributed by atoms with Crippen LogP contribution < -0.4 is 5.32 Å². The fourth-order valence-electron chi connectivity index (χ4n) is 3.66. The molecule has 1 saturated carbocycles. The van der Waals surface area contributed by atoms with E-state index in [1.54, 1.807) is 0 Å². The summed E-state index contributed by atoms with van der Waals surface area (Å²) in [5.74, 6) is 0.941. The molecule has 88 valence electrons. The van der Waals surface area contributed by atoms with Crippen LogP contribution in [0, 0.1) is 5.92 Å². The van der Waals surface area contributed by atoms with Crippen LogP contribution in [0.1, 0.15) is 44.9 Å². The molecule has 2 nitrogen and oxygen atoms in total. The minimum atomic E-state index is 0.462. The Labute approximate surface area is 94.4 Å². The molecule has 1 heterocycles. The van der Waals surface area contributed by atoms with Gasteiger partial charge < -0.3 is 10.2 Å². The first-order chi connectivity index (χ1) is 7.23. The highest BCUT2D eigenvalue weighted by atomic mass is 15.1. The molecule has 2 aliphatic rings. The van der Waals surface area contributed by atoms with E-state index >= 15 is 0 Å². The van der Waals surface area contributed by atoms with Crippen molar-refractivity contribution in [3.8, 4) is 0 Å². The van der Waals surface area contributed by atoms with E-state index in [1.807, 2.05) is 0 Å². The van der Waals surface area contributed by atoms with Crippen molar-refractivity contribution in [1.29, 1.82) is 0 Å². The number of likely N-dealkylation sites (N-methyl/N-ethyl adjacent to an activating group) is 1. The maximum absolute atomic E-state index is 3.83. The van der Waals surface area contributed by atoms with E-state index in [2.05, 4.69) is 24.3 Å².